The van der Waals surface area contributed by atoms with Crippen LogP contribution in [-0.2, 0) is 14.3 Å². The molecule has 0 heterocycles. The Kier molecular flexibility index (Phi) is 7.63. The first kappa shape index (κ1) is 12.4. The first-order chi connectivity index (χ1) is 6.26. The van der Waals surface area contributed by atoms with Gasteiger partial charge in [0.15, 0.2) is 0 Å². The van der Waals surface area contributed by atoms with Gasteiger partial charge in [0.25, 0.3) is 0 Å². The molecule has 1 unspecified atom stereocenters. The van der Waals surface area contributed by atoms with Gasteiger partial charge >= 0.3 is 5.97 Å². The van der Waals surface area contributed by atoms with E-state index < -0.39 is 0 Å². The molecule has 1 N–H and O–H groups in total. The van der Waals surface area contributed by atoms with Crippen molar-refractivity contribution in [2.24, 2.45) is 0 Å². The zero-order chi connectivity index (χ0) is 10.1. The van der Waals surface area contributed by atoms with Gasteiger partial charge in [0, 0.05) is 6.61 Å². The fourth-order valence-corrected chi connectivity index (χ4v) is 1.01. The highest BCUT2D eigenvalue weighted by Gasteiger charge is 2.15. The summed E-state index contributed by atoms with van der Waals surface area (Å²) in [5.41, 5.74) is 0. The van der Waals surface area contributed by atoms with Crippen molar-refractivity contribution in [2.75, 3.05) is 27.4 Å². The number of likely N-dealkylation sites (N-methyl/N-ethyl adjacent to an activating group) is 1. The summed E-state index contributed by atoms with van der Waals surface area (Å²) in [4.78, 5) is 11.1. The number of methoxy groups -OCH3 is 1. The van der Waals surface area contributed by atoms with Crippen molar-refractivity contribution < 1.29 is 14.3 Å². The van der Waals surface area contributed by atoms with Crippen molar-refractivity contribution in [3.63, 3.8) is 0 Å². The minimum atomic E-state index is -0.225. The molecule has 4 nitrogen and oxygen atoms in total. The largest absolute Gasteiger partial charge is 0.468 e. The average molecular weight is 188 g/mol. The summed E-state index contributed by atoms with van der Waals surface area (Å²) in [5, 5.41) is 2.88. The first-order valence-corrected chi connectivity index (χ1v) is 4.38. The molecule has 0 fully saturated rings. The standard InChI is InChI=1S/C9H18NO3/c1-4-13-7-5-6-8(10-2)9(11)12-3/h8,10H,1,4-7H2,2-3H3/q-1. The van der Waals surface area contributed by atoms with E-state index in [0.717, 1.165) is 12.8 Å². The lowest BCUT2D eigenvalue weighted by atomic mass is 10.1. The Morgan fingerprint density at radius 1 is 1.62 bits per heavy atom. The summed E-state index contributed by atoms with van der Waals surface area (Å²) >= 11 is 0. The number of hydrogen-bond acceptors (Lipinski definition) is 4. The maximum atomic E-state index is 11.1. The third-order valence-corrected chi connectivity index (χ3v) is 1.76. The molecule has 0 aliphatic rings. The molecule has 78 valence electrons. The predicted octanol–water partition coefficient (Wildman–Crippen LogP) is 0.378. The third-order valence-electron chi connectivity index (χ3n) is 1.76. The van der Waals surface area contributed by atoms with Crippen LogP contribution >= 0.6 is 0 Å². The third kappa shape index (κ3) is 5.60. The number of hydrogen-bond donors (Lipinski definition) is 1. The van der Waals surface area contributed by atoms with Crippen LogP contribution in [0.25, 0.3) is 0 Å². The van der Waals surface area contributed by atoms with Crippen LogP contribution in [0.2, 0.25) is 0 Å². The van der Waals surface area contributed by atoms with E-state index >= 15 is 0 Å². The topological polar surface area (TPSA) is 47.6 Å². The quantitative estimate of drug-likeness (QED) is 0.356. The molecule has 0 amide bonds. The van der Waals surface area contributed by atoms with Crippen LogP contribution in [0, 0.1) is 6.92 Å². The Hall–Kier alpha value is -0.610. The molecule has 0 saturated heterocycles. The predicted molar refractivity (Wildman–Crippen MR) is 50.3 cm³/mol. The van der Waals surface area contributed by atoms with Crippen LogP contribution in [0.4, 0.5) is 0 Å². The molecule has 0 aromatic carbocycles. The Balaban J connectivity index is 3.53. The Morgan fingerprint density at radius 3 is 2.77 bits per heavy atom. The molecule has 0 aromatic heterocycles. The molecule has 0 bridgehead atoms. The van der Waals surface area contributed by atoms with Gasteiger partial charge in [-0.2, -0.15) is 0 Å². The number of carbonyl (C=O) groups excluding carboxylic acids is 1. The van der Waals surface area contributed by atoms with E-state index in [1.165, 1.54) is 7.11 Å². The minimum absolute atomic E-state index is 0.224. The van der Waals surface area contributed by atoms with Gasteiger partial charge < -0.3 is 21.7 Å². The van der Waals surface area contributed by atoms with Crippen LogP contribution in [0.1, 0.15) is 12.8 Å². The van der Waals surface area contributed by atoms with Gasteiger partial charge in [0.05, 0.1) is 7.11 Å². The van der Waals surface area contributed by atoms with Crippen LogP contribution in [0.15, 0.2) is 0 Å². The lowest BCUT2D eigenvalue weighted by Crippen LogP contribution is -2.35. The van der Waals surface area contributed by atoms with E-state index in [1.54, 1.807) is 7.05 Å². The SMILES string of the molecule is [CH2-]COCCCC(NC)C(=O)OC. The monoisotopic (exact) mass is 188 g/mol. The summed E-state index contributed by atoms with van der Waals surface area (Å²) < 4.78 is 9.66. The zero-order valence-electron chi connectivity index (χ0n) is 8.34. The lowest BCUT2D eigenvalue weighted by Gasteiger charge is -2.13. The molecule has 13 heavy (non-hydrogen) atoms. The van der Waals surface area contributed by atoms with E-state index in [4.69, 9.17) is 4.74 Å². The summed E-state index contributed by atoms with van der Waals surface area (Å²) in [5.74, 6) is -0.225. The molecule has 0 radical (unpaired) electrons. The maximum Gasteiger partial charge on any atom is 0.322 e. The van der Waals surface area contributed by atoms with E-state index in [1.807, 2.05) is 0 Å². The molecule has 0 saturated carbocycles. The van der Waals surface area contributed by atoms with Gasteiger partial charge in [-0.3, -0.25) is 4.79 Å². The van der Waals surface area contributed by atoms with Crippen LogP contribution in [-0.4, -0.2) is 39.4 Å². The first-order valence-electron chi connectivity index (χ1n) is 4.38. The summed E-state index contributed by atoms with van der Waals surface area (Å²) in [6.07, 6.45) is 1.55. The Bertz CT molecular complexity index is 139. The van der Waals surface area contributed by atoms with Crippen LogP contribution in [0.5, 0.6) is 0 Å². The van der Waals surface area contributed by atoms with Gasteiger partial charge in [-0.15, -0.1) is 0 Å². The molecule has 4 heteroatoms. The molecule has 0 rings (SSSR count). The molecular formula is C9H18NO3-. The second-order valence-electron chi connectivity index (χ2n) is 2.62. The number of rotatable bonds is 7. The van der Waals surface area contributed by atoms with Gasteiger partial charge in [0.2, 0.25) is 0 Å². The molecule has 0 aliphatic carbocycles. The molecular weight excluding hydrogens is 170 g/mol. The van der Waals surface area contributed by atoms with E-state index in [0.29, 0.717) is 13.2 Å². The van der Waals surface area contributed by atoms with E-state index in [9.17, 15) is 4.79 Å². The van der Waals surface area contributed by atoms with Gasteiger partial charge in [-0.05, 0) is 19.9 Å². The van der Waals surface area contributed by atoms with Crippen molar-refractivity contribution in [1.82, 2.24) is 5.32 Å². The summed E-state index contributed by atoms with van der Waals surface area (Å²) in [7, 11) is 3.13. The average Bonchev–Trinajstić information content (AvgIpc) is 2.17. The highest BCUT2D eigenvalue weighted by molar-refractivity contribution is 5.75. The lowest BCUT2D eigenvalue weighted by molar-refractivity contribution is -0.143. The zero-order valence-corrected chi connectivity index (χ0v) is 8.34. The second kappa shape index (κ2) is 8.01. The number of carbonyl (C=O) groups is 1. The van der Waals surface area contributed by atoms with Crippen molar-refractivity contribution in [2.45, 2.75) is 18.9 Å². The van der Waals surface area contributed by atoms with Gasteiger partial charge in [-0.25, -0.2) is 0 Å². The number of esters is 1. The fourth-order valence-electron chi connectivity index (χ4n) is 1.01. The van der Waals surface area contributed by atoms with E-state index in [-0.39, 0.29) is 12.0 Å². The maximum absolute atomic E-state index is 11.1. The highest BCUT2D eigenvalue weighted by Crippen LogP contribution is 1.99. The van der Waals surface area contributed by atoms with Crippen LogP contribution < -0.4 is 5.32 Å². The van der Waals surface area contributed by atoms with Crippen molar-refractivity contribution in [3.8, 4) is 0 Å². The fraction of sp³-hybridized carbons (Fsp3) is 0.778. The van der Waals surface area contributed by atoms with Gasteiger partial charge in [-0.1, -0.05) is 6.61 Å². The van der Waals surface area contributed by atoms with E-state index in [2.05, 4.69) is 17.0 Å². The smallest absolute Gasteiger partial charge is 0.322 e. The number of ether oxygens (including phenoxy) is 2. The van der Waals surface area contributed by atoms with Crippen LogP contribution in [0.3, 0.4) is 0 Å². The number of nitrogens with one attached hydrogen (secondary N) is 1. The normalized spacial score (nSPS) is 12.5. The van der Waals surface area contributed by atoms with Crippen molar-refractivity contribution in [1.29, 1.82) is 0 Å². The van der Waals surface area contributed by atoms with Crippen molar-refractivity contribution in [3.05, 3.63) is 6.92 Å². The molecule has 0 aliphatic heterocycles. The minimum Gasteiger partial charge on any atom is -0.468 e. The highest BCUT2D eigenvalue weighted by atomic mass is 16.5. The molecule has 0 aromatic rings. The summed E-state index contributed by atoms with van der Waals surface area (Å²) in [6, 6.07) is -0.224. The van der Waals surface area contributed by atoms with Gasteiger partial charge in [0.1, 0.15) is 6.04 Å². The second-order valence-corrected chi connectivity index (χ2v) is 2.62. The Labute approximate surface area is 79.6 Å². The summed E-state index contributed by atoms with van der Waals surface area (Å²) in [6.45, 7) is 4.66. The molecule has 0 spiro atoms. The Morgan fingerprint density at radius 2 is 2.31 bits per heavy atom. The van der Waals surface area contributed by atoms with Crippen molar-refractivity contribution >= 4 is 5.97 Å². The molecule has 1 atom stereocenters.